The van der Waals surface area contributed by atoms with Crippen molar-refractivity contribution in [2.75, 3.05) is 19.8 Å². The summed E-state index contributed by atoms with van der Waals surface area (Å²) in [5.74, 6) is 0.707. The molecule has 3 heterocycles. The van der Waals surface area contributed by atoms with Gasteiger partial charge in [-0.3, -0.25) is 14.5 Å². The molecule has 2 N–H and O–H groups in total. The molecule has 9 heteroatoms. The number of furan rings is 1. The second kappa shape index (κ2) is 8.57. The number of hydrogen-bond donors (Lipinski definition) is 2. The second-order valence-corrected chi connectivity index (χ2v) is 8.47. The van der Waals surface area contributed by atoms with Crippen LogP contribution in [0.3, 0.4) is 0 Å². The molecule has 0 saturated carbocycles. The Morgan fingerprint density at radius 3 is 2.62 bits per heavy atom. The molecular formula is C23H27N3O6. The Morgan fingerprint density at radius 2 is 1.94 bits per heavy atom. The van der Waals surface area contributed by atoms with Gasteiger partial charge in [0.2, 0.25) is 5.91 Å². The molecule has 1 fully saturated rings. The van der Waals surface area contributed by atoms with Crippen LogP contribution in [0, 0.1) is 5.92 Å². The maximum absolute atomic E-state index is 12.9. The minimum atomic E-state index is -1.34. The third-order valence-corrected chi connectivity index (χ3v) is 5.70. The van der Waals surface area contributed by atoms with E-state index in [1.165, 1.54) is 6.26 Å². The summed E-state index contributed by atoms with van der Waals surface area (Å²) in [5.41, 5.74) is -0.484. The summed E-state index contributed by atoms with van der Waals surface area (Å²) >= 11 is 0. The summed E-state index contributed by atoms with van der Waals surface area (Å²) in [6, 6.07) is 7.87. The molecule has 2 aliphatic rings. The van der Waals surface area contributed by atoms with Gasteiger partial charge < -0.3 is 24.5 Å². The smallest absolute Gasteiger partial charge is 0.325 e. The van der Waals surface area contributed by atoms with Crippen LogP contribution in [0.5, 0.6) is 11.5 Å². The highest BCUT2D eigenvalue weighted by Crippen LogP contribution is 2.34. The summed E-state index contributed by atoms with van der Waals surface area (Å²) in [6.45, 7) is 6.29. The van der Waals surface area contributed by atoms with Gasteiger partial charge in [0.15, 0.2) is 17.0 Å². The number of hydrogen-bond acceptors (Lipinski definition) is 6. The second-order valence-electron chi connectivity index (χ2n) is 8.47. The lowest BCUT2D eigenvalue weighted by Gasteiger charge is -2.25. The first-order valence-electron chi connectivity index (χ1n) is 10.7. The lowest BCUT2D eigenvalue weighted by molar-refractivity contribution is -0.135. The average Bonchev–Trinajstić information content (AvgIpc) is 3.29. The van der Waals surface area contributed by atoms with Gasteiger partial charge in [-0.1, -0.05) is 19.9 Å². The Hall–Kier alpha value is -3.49. The van der Waals surface area contributed by atoms with Gasteiger partial charge in [-0.05, 0) is 42.7 Å². The topological polar surface area (TPSA) is 110 Å². The first-order valence-corrected chi connectivity index (χ1v) is 10.7. The van der Waals surface area contributed by atoms with Crippen molar-refractivity contribution in [3.63, 3.8) is 0 Å². The van der Waals surface area contributed by atoms with Gasteiger partial charge in [0, 0.05) is 6.42 Å². The highest BCUT2D eigenvalue weighted by Gasteiger charge is 2.51. The highest BCUT2D eigenvalue weighted by molar-refractivity contribution is 6.08. The lowest BCUT2D eigenvalue weighted by atomic mass is 9.95. The monoisotopic (exact) mass is 441 g/mol. The molecule has 0 bridgehead atoms. The zero-order valence-corrected chi connectivity index (χ0v) is 18.3. The Balaban J connectivity index is 1.48. The van der Waals surface area contributed by atoms with Crippen molar-refractivity contribution in [1.82, 2.24) is 15.5 Å². The minimum Gasteiger partial charge on any atom is -0.490 e. The van der Waals surface area contributed by atoms with Gasteiger partial charge in [-0.25, -0.2) is 4.79 Å². The molecule has 0 unspecified atom stereocenters. The summed E-state index contributed by atoms with van der Waals surface area (Å²) in [4.78, 5) is 39.1. The Morgan fingerprint density at radius 1 is 1.19 bits per heavy atom. The van der Waals surface area contributed by atoms with E-state index in [0.717, 1.165) is 16.9 Å². The lowest BCUT2D eigenvalue weighted by Crippen LogP contribution is -2.44. The number of urea groups is 1. The molecule has 2 aliphatic heterocycles. The summed E-state index contributed by atoms with van der Waals surface area (Å²) in [7, 11) is 0. The maximum Gasteiger partial charge on any atom is 0.325 e. The van der Waals surface area contributed by atoms with Gasteiger partial charge >= 0.3 is 6.03 Å². The van der Waals surface area contributed by atoms with Crippen LogP contribution in [0.2, 0.25) is 0 Å². The SMILES string of the molecule is CC(C)[C@H](NC(=O)CN1C(=O)N[C@](C)(c2ccco2)C1=O)c1ccc2c(c1)OCCCO2. The van der Waals surface area contributed by atoms with Crippen molar-refractivity contribution in [2.45, 2.75) is 38.8 Å². The fraction of sp³-hybridized carbons (Fsp3) is 0.435. The molecule has 1 aromatic carbocycles. The van der Waals surface area contributed by atoms with Crippen LogP contribution in [0.25, 0.3) is 0 Å². The first-order chi connectivity index (χ1) is 15.3. The van der Waals surface area contributed by atoms with E-state index in [1.807, 2.05) is 32.0 Å². The molecule has 1 saturated heterocycles. The minimum absolute atomic E-state index is 0.0557. The van der Waals surface area contributed by atoms with E-state index in [2.05, 4.69) is 10.6 Å². The molecule has 1 aromatic heterocycles. The summed E-state index contributed by atoms with van der Waals surface area (Å²) in [5, 5.41) is 5.57. The number of ether oxygens (including phenoxy) is 2. The van der Waals surface area contributed by atoms with Crippen molar-refractivity contribution in [3.8, 4) is 11.5 Å². The highest BCUT2D eigenvalue weighted by atomic mass is 16.5. The van der Waals surface area contributed by atoms with Crippen LogP contribution in [-0.2, 0) is 15.1 Å². The van der Waals surface area contributed by atoms with Crippen LogP contribution in [0.15, 0.2) is 41.0 Å². The molecule has 32 heavy (non-hydrogen) atoms. The van der Waals surface area contributed by atoms with Crippen molar-refractivity contribution in [2.24, 2.45) is 5.92 Å². The number of benzene rings is 1. The zero-order valence-electron chi connectivity index (χ0n) is 18.3. The van der Waals surface area contributed by atoms with Crippen LogP contribution in [0.1, 0.15) is 44.6 Å². The molecule has 0 radical (unpaired) electrons. The van der Waals surface area contributed by atoms with Crippen molar-refractivity contribution >= 4 is 17.8 Å². The molecule has 0 aliphatic carbocycles. The summed E-state index contributed by atoms with van der Waals surface area (Å²) < 4.78 is 16.8. The van der Waals surface area contributed by atoms with Crippen molar-refractivity contribution < 1.29 is 28.3 Å². The number of carbonyl (C=O) groups excluding carboxylic acids is 3. The van der Waals surface area contributed by atoms with Crippen LogP contribution in [0.4, 0.5) is 4.79 Å². The molecule has 2 aromatic rings. The normalized spacial score (nSPS) is 21.3. The number of carbonyl (C=O) groups is 3. The van der Waals surface area contributed by atoms with E-state index in [4.69, 9.17) is 13.9 Å². The number of nitrogens with one attached hydrogen (secondary N) is 2. The van der Waals surface area contributed by atoms with Gasteiger partial charge in [0.25, 0.3) is 5.91 Å². The Labute approximate surface area is 186 Å². The fourth-order valence-electron chi connectivity index (χ4n) is 3.94. The third kappa shape index (κ3) is 4.02. The predicted octanol–water partition coefficient (Wildman–Crippen LogP) is 2.72. The van der Waals surface area contributed by atoms with Crippen LogP contribution in [-0.4, -0.2) is 42.5 Å². The van der Waals surface area contributed by atoms with Gasteiger partial charge in [-0.15, -0.1) is 0 Å². The largest absolute Gasteiger partial charge is 0.490 e. The molecule has 9 nitrogen and oxygen atoms in total. The Bertz CT molecular complexity index is 1020. The predicted molar refractivity (Wildman–Crippen MR) is 114 cm³/mol. The molecule has 4 amide bonds. The zero-order chi connectivity index (χ0) is 22.9. The van der Waals surface area contributed by atoms with Crippen molar-refractivity contribution in [1.29, 1.82) is 0 Å². The van der Waals surface area contributed by atoms with Crippen LogP contribution < -0.4 is 20.1 Å². The number of amides is 4. The number of nitrogens with zero attached hydrogens (tertiary/aromatic N) is 1. The standard InChI is InChI=1S/C23H27N3O6/c1-14(2)20(15-7-8-16-17(12-15)31-11-5-10-30-16)24-19(27)13-26-21(28)23(3,25-22(26)29)18-6-4-9-32-18/h4,6-9,12,14,20H,5,10-11,13H2,1-3H3,(H,24,27)(H,25,29)/t20-,23+/m0/s1. The molecule has 170 valence electrons. The third-order valence-electron chi connectivity index (χ3n) is 5.70. The van der Waals surface area contributed by atoms with E-state index in [-0.39, 0.29) is 12.0 Å². The molecule has 0 spiro atoms. The van der Waals surface area contributed by atoms with Crippen LogP contribution >= 0.6 is 0 Å². The van der Waals surface area contributed by atoms with E-state index in [9.17, 15) is 14.4 Å². The fourth-order valence-corrected chi connectivity index (χ4v) is 3.94. The number of rotatable bonds is 6. The van der Waals surface area contributed by atoms with Gasteiger partial charge in [-0.2, -0.15) is 0 Å². The number of imide groups is 1. The maximum atomic E-state index is 12.9. The van der Waals surface area contributed by atoms with Gasteiger partial charge in [0.1, 0.15) is 12.3 Å². The summed E-state index contributed by atoms with van der Waals surface area (Å²) in [6.07, 6.45) is 2.23. The average molecular weight is 441 g/mol. The van der Waals surface area contributed by atoms with E-state index in [0.29, 0.717) is 30.5 Å². The number of fused-ring (bicyclic) bond motifs is 1. The van der Waals surface area contributed by atoms with Crippen molar-refractivity contribution in [3.05, 3.63) is 47.9 Å². The quantitative estimate of drug-likeness (QED) is 0.667. The van der Waals surface area contributed by atoms with E-state index in [1.54, 1.807) is 19.1 Å². The molecular weight excluding hydrogens is 414 g/mol. The molecule has 4 rings (SSSR count). The first kappa shape index (κ1) is 21.7. The Kier molecular flexibility index (Phi) is 5.82. The molecule has 2 atom stereocenters. The van der Waals surface area contributed by atoms with Gasteiger partial charge in [0.05, 0.1) is 25.5 Å². The van der Waals surface area contributed by atoms with E-state index >= 15 is 0 Å². The van der Waals surface area contributed by atoms with E-state index < -0.39 is 29.9 Å².